The second-order valence-corrected chi connectivity index (χ2v) is 6.09. The summed E-state index contributed by atoms with van der Waals surface area (Å²) in [5.41, 5.74) is 1.60. The number of amides is 2. The molecule has 1 rings (SSSR count). The third-order valence-corrected chi connectivity index (χ3v) is 3.86. The highest BCUT2D eigenvalue weighted by Crippen LogP contribution is 2.32. The van der Waals surface area contributed by atoms with E-state index < -0.39 is 18.0 Å². The SMILES string of the molecule is CCC[C@H](NC(=O)Nc1c(Br)cc(C)cc1Br)C(=O)O. The third kappa shape index (κ3) is 4.79. The molecule has 0 aliphatic heterocycles. The Kier molecular flexibility index (Phi) is 6.48. The molecule has 0 saturated carbocycles. The van der Waals surface area contributed by atoms with Crippen LogP contribution in [0.15, 0.2) is 21.1 Å². The summed E-state index contributed by atoms with van der Waals surface area (Å²) in [6.45, 7) is 3.80. The van der Waals surface area contributed by atoms with Gasteiger partial charge in [-0.25, -0.2) is 9.59 Å². The third-order valence-electron chi connectivity index (χ3n) is 2.61. The van der Waals surface area contributed by atoms with E-state index in [-0.39, 0.29) is 0 Å². The molecular weight excluding hydrogens is 392 g/mol. The molecule has 0 unspecified atom stereocenters. The normalized spacial score (nSPS) is 11.8. The molecule has 3 N–H and O–H groups in total. The average Bonchev–Trinajstić information content (AvgIpc) is 2.33. The van der Waals surface area contributed by atoms with Gasteiger partial charge in [0.05, 0.1) is 5.69 Å². The van der Waals surface area contributed by atoms with Crippen LogP contribution in [0.4, 0.5) is 10.5 Å². The Morgan fingerprint density at radius 3 is 2.30 bits per heavy atom. The van der Waals surface area contributed by atoms with Crippen LogP contribution in [-0.4, -0.2) is 23.1 Å². The minimum atomic E-state index is -1.04. The minimum Gasteiger partial charge on any atom is -0.480 e. The van der Waals surface area contributed by atoms with Crippen molar-refractivity contribution >= 4 is 49.5 Å². The lowest BCUT2D eigenvalue weighted by Crippen LogP contribution is -2.43. The van der Waals surface area contributed by atoms with Crippen LogP contribution in [0.2, 0.25) is 0 Å². The number of benzene rings is 1. The second-order valence-electron chi connectivity index (χ2n) is 4.38. The first-order valence-corrected chi connectivity index (χ1v) is 7.69. The number of halogens is 2. The molecular formula is C13H16Br2N2O3. The fraction of sp³-hybridized carbons (Fsp3) is 0.385. The number of carboxylic acids is 1. The second kappa shape index (κ2) is 7.64. The maximum absolute atomic E-state index is 11.9. The summed E-state index contributed by atoms with van der Waals surface area (Å²) in [5.74, 6) is -1.04. The van der Waals surface area contributed by atoms with E-state index in [9.17, 15) is 9.59 Å². The van der Waals surface area contributed by atoms with Crippen LogP contribution in [0.3, 0.4) is 0 Å². The van der Waals surface area contributed by atoms with Crippen molar-refractivity contribution in [1.82, 2.24) is 5.32 Å². The fourth-order valence-electron chi connectivity index (χ4n) is 1.67. The smallest absolute Gasteiger partial charge is 0.326 e. The number of hydrogen-bond donors (Lipinski definition) is 3. The van der Waals surface area contributed by atoms with E-state index in [1.54, 1.807) is 0 Å². The van der Waals surface area contributed by atoms with Gasteiger partial charge in [0.25, 0.3) is 0 Å². The molecule has 0 heterocycles. The monoisotopic (exact) mass is 406 g/mol. The van der Waals surface area contributed by atoms with Crippen LogP contribution < -0.4 is 10.6 Å². The molecule has 1 atom stereocenters. The van der Waals surface area contributed by atoms with Crippen molar-refractivity contribution in [3.63, 3.8) is 0 Å². The number of carbonyl (C=O) groups excluding carboxylic acids is 1. The summed E-state index contributed by atoms with van der Waals surface area (Å²) in [6, 6.07) is 2.29. The zero-order valence-electron chi connectivity index (χ0n) is 11.2. The van der Waals surface area contributed by atoms with Crippen molar-refractivity contribution in [2.75, 3.05) is 5.32 Å². The van der Waals surface area contributed by atoms with Gasteiger partial charge >= 0.3 is 12.0 Å². The number of rotatable bonds is 5. The highest BCUT2D eigenvalue weighted by Gasteiger charge is 2.19. The van der Waals surface area contributed by atoms with Crippen molar-refractivity contribution in [3.8, 4) is 0 Å². The molecule has 0 fully saturated rings. The van der Waals surface area contributed by atoms with Gasteiger partial charge < -0.3 is 15.7 Å². The molecule has 1 aromatic carbocycles. The van der Waals surface area contributed by atoms with Gasteiger partial charge in [-0.3, -0.25) is 0 Å². The topological polar surface area (TPSA) is 78.4 Å². The van der Waals surface area contributed by atoms with Crippen LogP contribution in [0.25, 0.3) is 0 Å². The first-order chi connectivity index (χ1) is 9.35. The molecule has 0 radical (unpaired) electrons. The van der Waals surface area contributed by atoms with Gasteiger partial charge in [0.15, 0.2) is 0 Å². The molecule has 110 valence electrons. The van der Waals surface area contributed by atoms with Gasteiger partial charge in [-0.15, -0.1) is 0 Å². The first kappa shape index (κ1) is 17.0. The highest BCUT2D eigenvalue weighted by atomic mass is 79.9. The van der Waals surface area contributed by atoms with Crippen LogP contribution >= 0.6 is 31.9 Å². The molecule has 5 nitrogen and oxygen atoms in total. The van der Waals surface area contributed by atoms with E-state index in [1.807, 2.05) is 26.0 Å². The molecule has 0 aromatic heterocycles. The van der Waals surface area contributed by atoms with E-state index >= 15 is 0 Å². The first-order valence-electron chi connectivity index (χ1n) is 6.11. The number of aryl methyl sites for hydroxylation is 1. The summed E-state index contributed by atoms with van der Waals surface area (Å²) >= 11 is 6.73. The van der Waals surface area contributed by atoms with Gasteiger partial charge in [-0.1, -0.05) is 13.3 Å². The molecule has 20 heavy (non-hydrogen) atoms. The Bertz CT molecular complexity index is 497. The fourth-order valence-corrected chi connectivity index (χ4v) is 3.29. The van der Waals surface area contributed by atoms with Crippen molar-refractivity contribution in [2.45, 2.75) is 32.7 Å². The van der Waals surface area contributed by atoms with Gasteiger partial charge in [-0.2, -0.15) is 0 Å². The molecule has 0 bridgehead atoms. The van der Waals surface area contributed by atoms with E-state index in [4.69, 9.17) is 5.11 Å². The minimum absolute atomic E-state index is 0.388. The lowest BCUT2D eigenvalue weighted by atomic mass is 10.2. The maximum atomic E-state index is 11.9. The maximum Gasteiger partial charge on any atom is 0.326 e. The van der Waals surface area contributed by atoms with Crippen LogP contribution in [-0.2, 0) is 4.79 Å². The van der Waals surface area contributed by atoms with Gasteiger partial charge in [0.2, 0.25) is 0 Å². The number of anilines is 1. The summed E-state index contributed by atoms with van der Waals surface area (Å²) in [5, 5.41) is 14.1. The standard InChI is InChI=1S/C13H16Br2N2O3/c1-3-4-10(12(18)19)16-13(20)17-11-8(14)5-7(2)6-9(11)15/h5-6,10H,3-4H2,1-2H3,(H,18,19)(H2,16,17,20)/t10-/m0/s1. The molecule has 0 saturated heterocycles. The van der Waals surface area contributed by atoms with Crippen molar-refractivity contribution < 1.29 is 14.7 Å². The van der Waals surface area contributed by atoms with Gasteiger partial charge in [0, 0.05) is 8.95 Å². The molecule has 7 heteroatoms. The predicted molar refractivity (Wildman–Crippen MR) is 85.1 cm³/mol. The van der Waals surface area contributed by atoms with Crippen LogP contribution in [0.5, 0.6) is 0 Å². The van der Waals surface area contributed by atoms with Crippen molar-refractivity contribution in [3.05, 3.63) is 26.6 Å². The predicted octanol–water partition coefficient (Wildman–Crippen LogP) is 3.89. The number of nitrogens with one attached hydrogen (secondary N) is 2. The Balaban J connectivity index is 2.78. The Hall–Kier alpha value is -1.08. The van der Waals surface area contributed by atoms with Crippen molar-refractivity contribution in [2.24, 2.45) is 0 Å². The van der Waals surface area contributed by atoms with E-state index in [0.29, 0.717) is 18.5 Å². The number of aliphatic carboxylic acids is 1. The summed E-state index contributed by atoms with van der Waals surface area (Å²) in [7, 11) is 0. The molecule has 1 aromatic rings. The lowest BCUT2D eigenvalue weighted by molar-refractivity contribution is -0.139. The number of hydrogen-bond acceptors (Lipinski definition) is 2. The van der Waals surface area contributed by atoms with Gasteiger partial charge in [-0.05, 0) is 62.9 Å². The Morgan fingerprint density at radius 1 is 1.30 bits per heavy atom. The van der Waals surface area contributed by atoms with Crippen LogP contribution in [0.1, 0.15) is 25.3 Å². The lowest BCUT2D eigenvalue weighted by Gasteiger charge is -2.16. The number of carbonyl (C=O) groups is 2. The molecule has 0 aliphatic rings. The quantitative estimate of drug-likeness (QED) is 0.692. The highest BCUT2D eigenvalue weighted by molar-refractivity contribution is 9.11. The largest absolute Gasteiger partial charge is 0.480 e. The van der Waals surface area contributed by atoms with E-state index in [2.05, 4.69) is 42.5 Å². The average molecular weight is 408 g/mol. The zero-order chi connectivity index (χ0) is 15.3. The number of urea groups is 1. The number of carboxylic acid groups (broad SMARTS) is 1. The Morgan fingerprint density at radius 2 is 1.85 bits per heavy atom. The van der Waals surface area contributed by atoms with E-state index in [0.717, 1.165) is 14.5 Å². The van der Waals surface area contributed by atoms with Gasteiger partial charge in [0.1, 0.15) is 6.04 Å². The molecule has 2 amide bonds. The van der Waals surface area contributed by atoms with E-state index in [1.165, 1.54) is 0 Å². The summed E-state index contributed by atoms with van der Waals surface area (Å²) in [6.07, 6.45) is 1.06. The van der Waals surface area contributed by atoms with Crippen LogP contribution in [0, 0.1) is 6.92 Å². The molecule has 0 aliphatic carbocycles. The summed E-state index contributed by atoms with van der Waals surface area (Å²) < 4.78 is 1.45. The Labute approximate surface area is 134 Å². The molecule has 0 spiro atoms. The zero-order valence-corrected chi connectivity index (χ0v) is 14.3. The summed E-state index contributed by atoms with van der Waals surface area (Å²) in [4.78, 5) is 22.9. The van der Waals surface area contributed by atoms with Crippen molar-refractivity contribution in [1.29, 1.82) is 0 Å².